The highest BCUT2D eigenvalue weighted by molar-refractivity contribution is 7.89. The van der Waals surface area contributed by atoms with Crippen molar-refractivity contribution in [2.24, 2.45) is 5.92 Å². The van der Waals surface area contributed by atoms with Crippen LogP contribution in [0.5, 0.6) is 0 Å². The number of benzene rings is 1. The van der Waals surface area contributed by atoms with Gasteiger partial charge in [-0.15, -0.1) is 0 Å². The highest BCUT2D eigenvalue weighted by atomic mass is 35.5. The number of carbonyl (C=O) groups is 1. The lowest BCUT2D eigenvalue weighted by atomic mass is 10.1. The Balaban J connectivity index is 2.01. The number of nitrogens with zero attached hydrogens (tertiary/aromatic N) is 1. The third-order valence-corrected chi connectivity index (χ3v) is 5.47. The first-order valence-corrected chi connectivity index (χ1v) is 8.71. The highest BCUT2D eigenvalue weighted by Crippen LogP contribution is 2.22. The van der Waals surface area contributed by atoms with Crippen LogP contribution in [0.25, 0.3) is 0 Å². The standard InChI is InChI=1S/C14H19ClN2O3S/c1-10(2)17-9-11(7-14(17)18)8-16-21(19,20)13-6-4-3-5-12(13)15/h3-6,10-11,16H,7-9H2,1-2H3. The molecule has 7 heteroatoms. The number of rotatable bonds is 5. The van der Waals surface area contributed by atoms with Crippen molar-refractivity contribution in [3.05, 3.63) is 29.3 Å². The molecule has 0 aliphatic carbocycles. The molecular formula is C14H19ClN2O3S. The van der Waals surface area contributed by atoms with Gasteiger partial charge in [0.05, 0.1) is 5.02 Å². The summed E-state index contributed by atoms with van der Waals surface area (Å²) in [6, 6.07) is 6.45. The summed E-state index contributed by atoms with van der Waals surface area (Å²) in [6.07, 6.45) is 0.378. The molecule has 0 bridgehead atoms. The van der Waals surface area contributed by atoms with Gasteiger partial charge in [-0.25, -0.2) is 13.1 Å². The Morgan fingerprint density at radius 2 is 2.05 bits per heavy atom. The number of hydrogen-bond acceptors (Lipinski definition) is 3. The Morgan fingerprint density at radius 1 is 1.38 bits per heavy atom. The van der Waals surface area contributed by atoms with Crippen LogP contribution < -0.4 is 4.72 Å². The van der Waals surface area contributed by atoms with Crippen molar-refractivity contribution >= 4 is 27.5 Å². The molecule has 1 N–H and O–H groups in total. The lowest BCUT2D eigenvalue weighted by Crippen LogP contribution is -2.34. The number of likely N-dealkylation sites (tertiary alicyclic amines) is 1. The molecule has 21 heavy (non-hydrogen) atoms. The molecular weight excluding hydrogens is 312 g/mol. The third-order valence-electron chi connectivity index (χ3n) is 3.55. The van der Waals surface area contributed by atoms with Crippen molar-refractivity contribution in [1.82, 2.24) is 9.62 Å². The highest BCUT2D eigenvalue weighted by Gasteiger charge is 2.32. The topological polar surface area (TPSA) is 66.5 Å². The molecule has 1 aliphatic heterocycles. The third kappa shape index (κ3) is 3.75. The van der Waals surface area contributed by atoms with Crippen LogP contribution in [-0.2, 0) is 14.8 Å². The van der Waals surface area contributed by atoms with E-state index < -0.39 is 10.0 Å². The Hall–Kier alpha value is -1.11. The summed E-state index contributed by atoms with van der Waals surface area (Å²) < 4.78 is 27.0. The molecule has 0 saturated carbocycles. The van der Waals surface area contributed by atoms with Crippen molar-refractivity contribution in [2.75, 3.05) is 13.1 Å². The zero-order chi connectivity index (χ0) is 15.6. The molecule has 1 atom stereocenters. The Kier molecular flexibility index (Phi) is 4.91. The van der Waals surface area contributed by atoms with Gasteiger partial charge < -0.3 is 4.90 Å². The van der Waals surface area contributed by atoms with E-state index in [-0.39, 0.29) is 34.3 Å². The monoisotopic (exact) mass is 330 g/mol. The number of carbonyl (C=O) groups excluding carboxylic acids is 1. The number of sulfonamides is 1. The van der Waals surface area contributed by atoms with Gasteiger partial charge in [0.2, 0.25) is 15.9 Å². The zero-order valence-corrected chi connectivity index (χ0v) is 13.6. The predicted octanol–water partition coefficient (Wildman–Crippen LogP) is 1.88. The van der Waals surface area contributed by atoms with Crippen molar-refractivity contribution < 1.29 is 13.2 Å². The fourth-order valence-corrected chi connectivity index (χ4v) is 4.05. The molecule has 0 aromatic heterocycles. The van der Waals surface area contributed by atoms with Gasteiger partial charge in [0.1, 0.15) is 4.90 Å². The van der Waals surface area contributed by atoms with Gasteiger partial charge in [-0.1, -0.05) is 23.7 Å². The van der Waals surface area contributed by atoms with Crippen LogP contribution in [-0.4, -0.2) is 38.4 Å². The van der Waals surface area contributed by atoms with Gasteiger partial charge in [-0.2, -0.15) is 0 Å². The zero-order valence-electron chi connectivity index (χ0n) is 12.0. The summed E-state index contributed by atoms with van der Waals surface area (Å²) in [6.45, 7) is 4.73. The lowest BCUT2D eigenvalue weighted by Gasteiger charge is -2.21. The maximum absolute atomic E-state index is 12.2. The summed E-state index contributed by atoms with van der Waals surface area (Å²) in [5.74, 6) is 0.0732. The molecule has 1 fully saturated rings. The van der Waals surface area contributed by atoms with E-state index in [0.29, 0.717) is 13.0 Å². The van der Waals surface area contributed by atoms with Crippen LogP contribution in [0.4, 0.5) is 0 Å². The molecule has 1 aromatic carbocycles. The van der Waals surface area contributed by atoms with E-state index in [1.165, 1.54) is 12.1 Å². The second-order valence-corrected chi connectivity index (χ2v) is 7.63. The van der Waals surface area contributed by atoms with Gasteiger partial charge in [-0.05, 0) is 31.9 Å². The van der Waals surface area contributed by atoms with Crippen LogP contribution in [0.1, 0.15) is 20.3 Å². The minimum atomic E-state index is -3.65. The second kappa shape index (κ2) is 6.34. The maximum Gasteiger partial charge on any atom is 0.242 e. The smallest absolute Gasteiger partial charge is 0.242 e. The number of amides is 1. The molecule has 0 spiro atoms. The maximum atomic E-state index is 12.2. The van der Waals surface area contributed by atoms with Gasteiger partial charge >= 0.3 is 0 Å². The molecule has 5 nitrogen and oxygen atoms in total. The van der Waals surface area contributed by atoms with Gasteiger partial charge in [-0.3, -0.25) is 4.79 Å². The minimum Gasteiger partial charge on any atom is -0.340 e. The molecule has 2 rings (SSSR count). The normalized spacial score (nSPS) is 19.5. The Bertz CT molecular complexity index is 631. The number of nitrogens with one attached hydrogen (secondary N) is 1. The first-order valence-electron chi connectivity index (χ1n) is 6.85. The van der Waals surface area contributed by atoms with E-state index in [1.54, 1.807) is 17.0 Å². The summed E-state index contributed by atoms with van der Waals surface area (Å²) in [5, 5.41) is 0.191. The van der Waals surface area contributed by atoms with Crippen LogP contribution in [0, 0.1) is 5.92 Å². The van der Waals surface area contributed by atoms with Gasteiger partial charge in [0.25, 0.3) is 0 Å². The number of hydrogen-bond donors (Lipinski definition) is 1. The van der Waals surface area contributed by atoms with Crippen LogP contribution in [0.2, 0.25) is 5.02 Å². The predicted molar refractivity (Wildman–Crippen MR) is 81.6 cm³/mol. The molecule has 1 saturated heterocycles. The molecule has 1 aliphatic rings. The van der Waals surface area contributed by atoms with E-state index in [9.17, 15) is 13.2 Å². The summed E-state index contributed by atoms with van der Waals surface area (Å²) >= 11 is 5.91. The molecule has 1 heterocycles. The fourth-order valence-electron chi connectivity index (χ4n) is 2.41. The Morgan fingerprint density at radius 3 is 2.62 bits per heavy atom. The van der Waals surface area contributed by atoms with Crippen molar-refractivity contribution in [3.63, 3.8) is 0 Å². The van der Waals surface area contributed by atoms with E-state index >= 15 is 0 Å². The van der Waals surface area contributed by atoms with Crippen molar-refractivity contribution in [3.8, 4) is 0 Å². The van der Waals surface area contributed by atoms with E-state index in [4.69, 9.17) is 11.6 Å². The van der Waals surface area contributed by atoms with E-state index in [2.05, 4.69) is 4.72 Å². The van der Waals surface area contributed by atoms with Gasteiger partial charge in [0, 0.05) is 25.6 Å². The molecule has 1 amide bonds. The summed E-state index contributed by atoms with van der Waals surface area (Å²) in [4.78, 5) is 13.6. The average Bonchev–Trinajstić information content (AvgIpc) is 2.78. The number of halogens is 1. The van der Waals surface area contributed by atoms with Crippen LogP contribution in [0.15, 0.2) is 29.2 Å². The van der Waals surface area contributed by atoms with Crippen molar-refractivity contribution in [2.45, 2.75) is 31.2 Å². The van der Waals surface area contributed by atoms with Crippen LogP contribution in [0.3, 0.4) is 0 Å². The average molecular weight is 331 g/mol. The fraction of sp³-hybridized carbons (Fsp3) is 0.500. The SMILES string of the molecule is CC(C)N1CC(CNS(=O)(=O)c2ccccc2Cl)CC1=O. The lowest BCUT2D eigenvalue weighted by molar-refractivity contribution is -0.129. The first kappa shape index (κ1) is 16.3. The minimum absolute atomic E-state index is 0.00263. The largest absolute Gasteiger partial charge is 0.340 e. The van der Waals surface area contributed by atoms with E-state index in [0.717, 1.165) is 0 Å². The molecule has 0 radical (unpaired) electrons. The van der Waals surface area contributed by atoms with Crippen molar-refractivity contribution in [1.29, 1.82) is 0 Å². The first-order chi connectivity index (χ1) is 9.81. The second-order valence-electron chi connectivity index (χ2n) is 5.49. The van der Waals surface area contributed by atoms with Gasteiger partial charge in [0.15, 0.2) is 0 Å². The quantitative estimate of drug-likeness (QED) is 0.896. The summed E-state index contributed by atoms with van der Waals surface area (Å²) in [7, 11) is -3.65. The Labute approximate surface area is 130 Å². The molecule has 1 unspecified atom stereocenters. The molecule has 116 valence electrons. The molecule has 1 aromatic rings. The summed E-state index contributed by atoms with van der Waals surface area (Å²) in [5.41, 5.74) is 0. The van der Waals surface area contributed by atoms with Crippen LogP contribution >= 0.6 is 11.6 Å². The van der Waals surface area contributed by atoms with E-state index in [1.807, 2.05) is 13.8 Å².